The van der Waals surface area contributed by atoms with E-state index in [2.05, 4.69) is 26.5 Å². The Balaban J connectivity index is 1.28. The van der Waals surface area contributed by atoms with Crippen LogP contribution in [0, 0.1) is 0 Å². The predicted molar refractivity (Wildman–Crippen MR) is 145 cm³/mol. The number of urea groups is 1. The molecule has 0 spiro atoms. The highest BCUT2D eigenvalue weighted by Gasteiger charge is 2.34. The summed E-state index contributed by atoms with van der Waals surface area (Å²) in [6.45, 7) is 10.8. The van der Waals surface area contributed by atoms with Crippen molar-refractivity contribution in [2.75, 3.05) is 46.1 Å². The Morgan fingerprint density at radius 3 is 2.38 bits per heavy atom. The molecule has 0 aromatic heterocycles. The van der Waals surface area contributed by atoms with Crippen LogP contribution in [0.2, 0.25) is 0 Å². The van der Waals surface area contributed by atoms with Crippen LogP contribution in [0.3, 0.4) is 0 Å². The summed E-state index contributed by atoms with van der Waals surface area (Å²) in [6, 6.07) is 12.6. The summed E-state index contributed by atoms with van der Waals surface area (Å²) in [5.41, 5.74) is 2.97. The summed E-state index contributed by atoms with van der Waals surface area (Å²) in [7, 11) is 0. The SMILES string of the molecule is CCOC(=O)C1=C(CN2CCN(Cc3ccc4c(c3)OCO4)CC2)NC(=O)NC1c1ccc(OC(C)C)cc1. The minimum absolute atomic E-state index is 0.0495. The predicted octanol–water partition coefficient (Wildman–Crippen LogP) is 3.19. The topological polar surface area (TPSA) is 102 Å². The summed E-state index contributed by atoms with van der Waals surface area (Å²) >= 11 is 0. The van der Waals surface area contributed by atoms with Crippen molar-refractivity contribution in [3.05, 3.63) is 64.9 Å². The fourth-order valence-corrected chi connectivity index (χ4v) is 5.08. The third kappa shape index (κ3) is 6.46. The fourth-order valence-electron chi connectivity index (χ4n) is 5.08. The van der Waals surface area contributed by atoms with Gasteiger partial charge < -0.3 is 29.6 Å². The summed E-state index contributed by atoms with van der Waals surface area (Å²) < 4.78 is 22.1. The Hall–Kier alpha value is -3.76. The Bertz CT molecular complexity index is 1220. The molecule has 2 aromatic rings. The van der Waals surface area contributed by atoms with Crippen LogP contribution in [-0.4, -0.2) is 74.0 Å². The lowest BCUT2D eigenvalue weighted by molar-refractivity contribution is -0.139. The van der Waals surface area contributed by atoms with E-state index in [4.69, 9.17) is 18.9 Å². The van der Waals surface area contributed by atoms with E-state index in [1.54, 1.807) is 6.92 Å². The molecule has 1 unspecified atom stereocenters. The molecule has 10 nitrogen and oxygen atoms in total. The monoisotopic (exact) mass is 536 g/mol. The lowest BCUT2D eigenvalue weighted by Gasteiger charge is -2.37. The van der Waals surface area contributed by atoms with Gasteiger partial charge in [-0.25, -0.2) is 9.59 Å². The standard InChI is InChI=1S/C29H36N4O6/c1-4-36-28(34)26-23(30-29(35)31-27(26)21-6-8-22(9-7-21)39-19(2)3)17-33-13-11-32(12-14-33)16-20-5-10-24-25(15-20)38-18-37-24/h5-10,15,19,27H,4,11-14,16-18H2,1-3H3,(H2,30,31,35). The summed E-state index contributed by atoms with van der Waals surface area (Å²) in [4.78, 5) is 30.5. The Morgan fingerprint density at radius 2 is 1.69 bits per heavy atom. The molecule has 3 aliphatic rings. The van der Waals surface area contributed by atoms with Gasteiger partial charge in [-0.3, -0.25) is 9.80 Å². The van der Waals surface area contributed by atoms with Gasteiger partial charge in [-0.15, -0.1) is 0 Å². The molecule has 10 heteroatoms. The maximum atomic E-state index is 13.1. The fraction of sp³-hybridized carbons (Fsp3) is 0.448. The van der Waals surface area contributed by atoms with Crippen molar-refractivity contribution < 1.29 is 28.5 Å². The first kappa shape index (κ1) is 26.8. The van der Waals surface area contributed by atoms with Gasteiger partial charge in [-0.2, -0.15) is 0 Å². The number of carbonyl (C=O) groups is 2. The molecule has 0 aliphatic carbocycles. The molecule has 0 saturated carbocycles. The maximum Gasteiger partial charge on any atom is 0.338 e. The van der Waals surface area contributed by atoms with Gasteiger partial charge in [-0.1, -0.05) is 18.2 Å². The summed E-state index contributed by atoms with van der Waals surface area (Å²) in [6.07, 6.45) is 0.0495. The van der Waals surface area contributed by atoms with Crippen LogP contribution >= 0.6 is 0 Å². The minimum Gasteiger partial charge on any atom is -0.491 e. The van der Waals surface area contributed by atoms with Gasteiger partial charge in [0.05, 0.1) is 24.3 Å². The molecule has 3 aliphatic heterocycles. The molecule has 1 atom stereocenters. The van der Waals surface area contributed by atoms with Crippen LogP contribution in [0.4, 0.5) is 4.79 Å². The van der Waals surface area contributed by atoms with Gasteiger partial charge in [0, 0.05) is 45.0 Å². The second kappa shape index (κ2) is 12.0. The normalized spacial score (nSPS) is 19.6. The molecule has 1 saturated heterocycles. The molecule has 0 radical (unpaired) electrons. The Kier molecular flexibility index (Phi) is 8.23. The van der Waals surface area contributed by atoms with Crippen LogP contribution in [0.5, 0.6) is 17.2 Å². The molecule has 0 bridgehead atoms. The largest absolute Gasteiger partial charge is 0.491 e. The van der Waals surface area contributed by atoms with Gasteiger partial charge in [-0.05, 0) is 56.2 Å². The van der Waals surface area contributed by atoms with Gasteiger partial charge >= 0.3 is 12.0 Å². The molecule has 1 fully saturated rings. The van der Waals surface area contributed by atoms with Crippen molar-refractivity contribution in [1.82, 2.24) is 20.4 Å². The summed E-state index contributed by atoms with van der Waals surface area (Å²) in [5, 5.41) is 5.79. The van der Waals surface area contributed by atoms with E-state index in [1.807, 2.05) is 50.2 Å². The van der Waals surface area contributed by atoms with Crippen molar-refractivity contribution in [1.29, 1.82) is 0 Å². The van der Waals surface area contributed by atoms with Gasteiger partial charge in [0.25, 0.3) is 0 Å². The number of hydrogen-bond acceptors (Lipinski definition) is 8. The molecule has 208 valence electrons. The average molecular weight is 537 g/mol. The molecule has 3 heterocycles. The zero-order valence-electron chi connectivity index (χ0n) is 22.7. The van der Waals surface area contributed by atoms with E-state index in [-0.39, 0.29) is 25.5 Å². The number of esters is 1. The van der Waals surface area contributed by atoms with E-state index in [0.717, 1.165) is 55.5 Å². The molecule has 2 N–H and O–H groups in total. The first-order valence-electron chi connectivity index (χ1n) is 13.5. The number of benzene rings is 2. The van der Waals surface area contributed by atoms with Gasteiger partial charge in [0.2, 0.25) is 6.79 Å². The maximum absolute atomic E-state index is 13.1. The average Bonchev–Trinajstić information content (AvgIpc) is 3.38. The smallest absolute Gasteiger partial charge is 0.338 e. The van der Waals surface area contributed by atoms with Crippen LogP contribution < -0.4 is 24.8 Å². The zero-order valence-corrected chi connectivity index (χ0v) is 22.7. The Morgan fingerprint density at radius 1 is 1.00 bits per heavy atom. The second-order valence-corrected chi connectivity index (χ2v) is 10.1. The van der Waals surface area contributed by atoms with E-state index in [1.165, 1.54) is 5.56 Å². The van der Waals surface area contributed by atoms with E-state index in [0.29, 0.717) is 17.8 Å². The van der Waals surface area contributed by atoms with Crippen molar-refractivity contribution in [3.8, 4) is 17.2 Å². The Labute approximate surface area is 228 Å². The molecule has 39 heavy (non-hydrogen) atoms. The quantitative estimate of drug-likeness (QED) is 0.472. The number of piperazine rings is 1. The van der Waals surface area contributed by atoms with Crippen molar-refractivity contribution >= 4 is 12.0 Å². The minimum atomic E-state index is -0.617. The highest BCUT2D eigenvalue weighted by Crippen LogP contribution is 2.33. The lowest BCUT2D eigenvalue weighted by atomic mass is 9.94. The number of carbonyl (C=O) groups excluding carboxylic acids is 2. The number of fused-ring (bicyclic) bond motifs is 1. The second-order valence-electron chi connectivity index (χ2n) is 10.1. The van der Waals surface area contributed by atoms with E-state index in [9.17, 15) is 9.59 Å². The third-order valence-corrected chi connectivity index (χ3v) is 6.92. The highest BCUT2D eigenvalue weighted by molar-refractivity contribution is 5.95. The number of rotatable bonds is 9. The number of hydrogen-bond donors (Lipinski definition) is 2. The first-order chi connectivity index (χ1) is 18.9. The first-order valence-corrected chi connectivity index (χ1v) is 13.5. The molecular formula is C29H36N4O6. The number of nitrogens with one attached hydrogen (secondary N) is 2. The van der Waals surface area contributed by atoms with Crippen molar-refractivity contribution in [3.63, 3.8) is 0 Å². The molecule has 2 aromatic carbocycles. The lowest BCUT2D eigenvalue weighted by Crippen LogP contribution is -2.51. The van der Waals surface area contributed by atoms with E-state index >= 15 is 0 Å². The summed E-state index contributed by atoms with van der Waals surface area (Å²) in [5.74, 6) is 1.88. The van der Waals surface area contributed by atoms with Crippen molar-refractivity contribution in [2.24, 2.45) is 0 Å². The van der Waals surface area contributed by atoms with Gasteiger partial charge in [0.15, 0.2) is 11.5 Å². The molecule has 2 amide bonds. The van der Waals surface area contributed by atoms with Crippen LogP contribution in [0.1, 0.15) is 37.9 Å². The molecular weight excluding hydrogens is 500 g/mol. The number of nitrogens with zero attached hydrogens (tertiary/aromatic N) is 2. The third-order valence-electron chi connectivity index (χ3n) is 6.92. The molecule has 5 rings (SSSR count). The van der Waals surface area contributed by atoms with Gasteiger partial charge in [0.1, 0.15) is 5.75 Å². The van der Waals surface area contributed by atoms with Crippen LogP contribution in [0.25, 0.3) is 0 Å². The van der Waals surface area contributed by atoms with Crippen LogP contribution in [0.15, 0.2) is 53.7 Å². The zero-order chi connectivity index (χ0) is 27.4. The number of amides is 2. The van der Waals surface area contributed by atoms with Crippen molar-refractivity contribution in [2.45, 2.75) is 39.5 Å². The highest BCUT2D eigenvalue weighted by atomic mass is 16.7. The van der Waals surface area contributed by atoms with E-state index < -0.39 is 12.0 Å². The number of ether oxygens (including phenoxy) is 4. The van der Waals surface area contributed by atoms with Crippen LogP contribution in [-0.2, 0) is 16.1 Å².